The summed E-state index contributed by atoms with van der Waals surface area (Å²) in [5, 5.41) is 9.24. The number of rotatable bonds is 6. The van der Waals surface area contributed by atoms with Gasteiger partial charge in [-0.3, -0.25) is 0 Å². The molecule has 2 bridgehead atoms. The molecule has 142 valence electrons. The molecule has 1 aromatic carbocycles. The Bertz CT molecular complexity index is 628. The number of benzene rings is 1. The average Bonchev–Trinajstić information content (AvgIpc) is 3.28. The monoisotopic (exact) mass is 360 g/mol. The molecule has 1 aliphatic heterocycles. The standard InChI is InChI=1S/C21H28O5/c1-3-18(12-22)24-19-8-5-16(6-9-19)14(2)20-13-23-21(26-25-20)11-15-4-7-17(21)10-15/h5-6,8-9,15,17-18,20,22H,2-4,7,10-13H2,1H3. The van der Waals surface area contributed by atoms with Crippen molar-refractivity contribution < 1.29 is 24.4 Å². The summed E-state index contributed by atoms with van der Waals surface area (Å²) in [5.74, 6) is 1.41. The van der Waals surface area contributed by atoms with Gasteiger partial charge in [0, 0.05) is 12.3 Å². The molecular weight excluding hydrogens is 332 g/mol. The second-order valence-electron chi connectivity index (χ2n) is 7.75. The van der Waals surface area contributed by atoms with Gasteiger partial charge in [0.2, 0.25) is 5.79 Å². The second-order valence-corrected chi connectivity index (χ2v) is 7.75. The van der Waals surface area contributed by atoms with Crippen molar-refractivity contribution in [2.24, 2.45) is 11.8 Å². The Morgan fingerprint density at radius 2 is 2.15 bits per heavy atom. The fourth-order valence-corrected chi connectivity index (χ4v) is 4.45. The van der Waals surface area contributed by atoms with E-state index in [1.807, 2.05) is 31.2 Å². The zero-order chi connectivity index (χ0) is 18.1. The molecule has 1 saturated heterocycles. The summed E-state index contributed by atoms with van der Waals surface area (Å²) >= 11 is 0. The van der Waals surface area contributed by atoms with E-state index in [0.29, 0.717) is 12.5 Å². The number of aliphatic hydroxyl groups is 1. The topological polar surface area (TPSA) is 57.2 Å². The lowest BCUT2D eigenvalue weighted by Crippen LogP contribution is -2.48. The number of hydrogen-bond donors (Lipinski definition) is 1. The van der Waals surface area contributed by atoms with Crippen molar-refractivity contribution in [1.29, 1.82) is 0 Å². The fraction of sp³-hybridized carbons (Fsp3) is 0.619. The predicted molar refractivity (Wildman–Crippen MR) is 97.4 cm³/mol. The van der Waals surface area contributed by atoms with Gasteiger partial charge in [-0.25, -0.2) is 9.78 Å². The molecule has 5 heteroatoms. The van der Waals surface area contributed by atoms with Gasteiger partial charge in [0.05, 0.1) is 13.2 Å². The lowest BCUT2D eigenvalue weighted by molar-refractivity contribution is -0.488. The highest BCUT2D eigenvalue weighted by molar-refractivity contribution is 5.67. The van der Waals surface area contributed by atoms with Crippen molar-refractivity contribution in [2.45, 2.75) is 57.0 Å². The molecule has 1 heterocycles. The molecule has 1 spiro atoms. The minimum Gasteiger partial charge on any atom is -0.488 e. The van der Waals surface area contributed by atoms with E-state index in [-0.39, 0.29) is 18.8 Å². The molecule has 2 aliphatic carbocycles. The van der Waals surface area contributed by atoms with Crippen LogP contribution in [0.1, 0.15) is 44.6 Å². The van der Waals surface area contributed by atoms with Crippen LogP contribution in [0.15, 0.2) is 30.8 Å². The van der Waals surface area contributed by atoms with E-state index in [0.717, 1.165) is 35.6 Å². The predicted octanol–water partition coefficient (Wildman–Crippen LogP) is 3.71. The fourth-order valence-electron chi connectivity index (χ4n) is 4.45. The summed E-state index contributed by atoms with van der Waals surface area (Å²) in [6.45, 7) is 6.64. The van der Waals surface area contributed by atoms with Crippen LogP contribution in [0.2, 0.25) is 0 Å². The summed E-state index contributed by atoms with van der Waals surface area (Å²) in [7, 11) is 0. The van der Waals surface area contributed by atoms with Crippen LogP contribution in [0, 0.1) is 11.8 Å². The SMILES string of the molecule is C=C(c1ccc(OC(CC)CO)cc1)C1COC2(CC3CCC2C3)OO1. The van der Waals surface area contributed by atoms with E-state index in [2.05, 4.69) is 6.58 Å². The van der Waals surface area contributed by atoms with E-state index in [1.54, 1.807) is 0 Å². The smallest absolute Gasteiger partial charge is 0.204 e. The van der Waals surface area contributed by atoms with E-state index in [4.69, 9.17) is 19.2 Å². The quantitative estimate of drug-likeness (QED) is 0.784. The molecule has 4 rings (SSSR count). The molecule has 3 aliphatic rings. The maximum atomic E-state index is 9.24. The maximum Gasteiger partial charge on any atom is 0.204 e. The molecule has 2 saturated carbocycles. The summed E-state index contributed by atoms with van der Waals surface area (Å²) in [4.78, 5) is 11.5. The maximum absolute atomic E-state index is 9.24. The van der Waals surface area contributed by atoms with Crippen molar-refractivity contribution in [3.8, 4) is 5.75 Å². The summed E-state index contributed by atoms with van der Waals surface area (Å²) in [6.07, 6.45) is 4.90. The van der Waals surface area contributed by atoms with Crippen LogP contribution in [0.5, 0.6) is 5.75 Å². The van der Waals surface area contributed by atoms with Gasteiger partial charge in [-0.05, 0) is 54.9 Å². The third-order valence-electron chi connectivity index (χ3n) is 6.10. The number of hydrogen-bond acceptors (Lipinski definition) is 5. The van der Waals surface area contributed by atoms with Gasteiger partial charge in [0.1, 0.15) is 18.0 Å². The van der Waals surface area contributed by atoms with Gasteiger partial charge in [0.25, 0.3) is 0 Å². The van der Waals surface area contributed by atoms with E-state index >= 15 is 0 Å². The zero-order valence-electron chi connectivity index (χ0n) is 15.4. The largest absolute Gasteiger partial charge is 0.488 e. The van der Waals surface area contributed by atoms with Crippen LogP contribution in [0.4, 0.5) is 0 Å². The third-order valence-corrected chi connectivity index (χ3v) is 6.10. The first-order valence-electron chi connectivity index (χ1n) is 9.68. The molecule has 3 fully saturated rings. The lowest BCUT2D eigenvalue weighted by atomic mass is 9.93. The van der Waals surface area contributed by atoms with E-state index in [1.165, 1.54) is 19.3 Å². The minimum absolute atomic E-state index is 0.0130. The highest BCUT2D eigenvalue weighted by Crippen LogP contribution is 2.54. The van der Waals surface area contributed by atoms with Gasteiger partial charge in [0.15, 0.2) is 0 Å². The van der Waals surface area contributed by atoms with Crippen molar-refractivity contribution in [2.75, 3.05) is 13.2 Å². The Morgan fingerprint density at radius 1 is 1.35 bits per heavy atom. The van der Waals surface area contributed by atoms with Crippen molar-refractivity contribution >= 4 is 5.57 Å². The normalized spacial score (nSPS) is 34.2. The van der Waals surface area contributed by atoms with Crippen molar-refractivity contribution in [1.82, 2.24) is 0 Å². The van der Waals surface area contributed by atoms with Crippen LogP contribution >= 0.6 is 0 Å². The van der Waals surface area contributed by atoms with Gasteiger partial charge < -0.3 is 14.6 Å². The Balaban J connectivity index is 1.35. The van der Waals surface area contributed by atoms with Crippen LogP contribution in [0.3, 0.4) is 0 Å². The van der Waals surface area contributed by atoms with Gasteiger partial charge in [-0.2, -0.15) is 0 Å². The highest BCUT2D eigenvalue weighted by Gasteiger charge is 2.56. The Morgan fingerprint density at radius 3 is 2.69 bits per heavy atom. The van der Waals surface area contributed by atoms with Gasteiger partial charge >= 0.3 is 0 Å². The first kappa shape index (κ1) is 18.0. The van der Waals surface area contributed by atoms with E-state index in [9.17, 15) is 5.11 Å². The van der Waals surface area contributed by atoms with Crippen LogP contribution < -0.4 is 4.74 Å². The first-order chi connectivity index (χ1) is 12.6. The first-order valence-corrected chi connectivity index (χ1v) is 9.68. The molecule has 5 nitrogen and oxygen atoms in total. The summed E-state index contributed by atoms with van der Waals surface area (Å²) in [6, 6.07) is 7.68. The molecule has 1 N–H and O–H groups in total. The van der Waals surface area contributed by atoms with Gasteiger partial charge in [-0.15, -0.1) is 0 Å². The molecule has 0 amide bonds. The van der Waals surface area contributed by atoms with E-state index < -0.39 is 5.79 Å². The summed E-state index contributed by atoms with van der Waals surface area (Å²) < 4.78 is 11.9. The molecule has 0 radical (unpaired) electrons. The summed E-state index contributed by atoms with van der Waals surface area (Å²) in [5.41, 5.74) is 1.80. The Kier molecular flexibility index (Phi) is 5.06. The van der Waals surface area contributed by atoms with Crippen LogP contribution in [0.25, 0.3) is 5.57 Å². The molecule has 5 atom stereocenters. The lowest BCUT2D eigenvalue weighted by Gasteiger charge is -2.41. The minimum atomic E-state index is -0.517. The number of fused-ring (bicyclic) bond motifs is 3. The molecule has 5 unspecified atom stereocenters. The van der Waals surface area contributed by atoms with Crippen LogP contribution in [-0.2, 0) is 14.5 Å². The molecule has 26 heavy (non-hydrogen) atoms. The number of aliphatic hydroxyl groups excluding tert-OH is 1. The zero-order valence-corrected chi connectivity index (χ0v) is 15.4. The molecule has 0 aromatic heterocycles. The van der Waals surface area contributed by atoms with Crippen LogP contribution in [-0.4, -0.2) is 36.3 Å². The molecular formula is C21H28O5. The Labute approximate surface area is 154 Å². The number of ether oxygens (including phenoxy) is 2. The van der Waals surface area contributed by atoms with Crippen molar-refractivity contribution in [3.63, 3.8) is 0 Å². The van der Waals surface area contributed by atoms with Crippen molar-refractivity contribution in [3.05, 3.63) is 36.4 Å². The Hall–Kier alpha value is -1.40. The highest BCUT2D eigenvalue weighted by atomic mass is 17.2. The average molecular weight is 360 g/mol. The second kappa shape index (κ2) is 7.31. The third kappa shape index (κ3) is 3.29. The van der Waals surface area contributed by atoms with Gasteiger partial charge in [-0.1, -0.05) is 25.6 Å². The molecule has 1 aromatic rings.